The number of hydrogen-bond donors (Lipinski definition) is 0. The van der Waals surface area contributed by atoms with Crippen LogP contribution in [0.15, 0.2) is 54.6 Å². The maximum Gasteiger partial charge on any atom is 0.282 e. The number of nitro benzene ring substituents is 1. The van der Waals surface area contributed by atoms with E-state index in [1.54, 1.807) is 14.2 Å². The lowest BCUT2D eigenvalue weighted by Gasteiger charge is -2.23. The van der Waals surface area contributed by atoms with Gasteiger partial charge in [0.15, 0.2) is 0 Å². The van der Waals surface area contributed by atoms with E-state index in [1.165, 1.54) is 18.2 Å². The first-order valence-corrected chi connectivity index (χ1v) is 9.28. The predicted octanol–water partition coefficient (Wildman–Crippen LogP) is 3.44. The molecule has 0 N–H and O–H groups in total. The van der Waals surface area contributed by atoms with Crippen molar-refractivity contribution in [2.24, 2.45) is 0 Å². The maximum atomic E-state index is 12.7. The third-order valence-electron chi connectivity index (χ3n) is 5.12. The molecule has 0 unspecified atom stereocenters. The Bertz CT molecular complexity index is 1190. The number of rotatable bonds is 6. The van der Waals surface area contributed by atoms with Gasteiger partial charge in [-0.1, -0.05) is 24.3 Å². The van der Waals surface area contributed by atoms with Crippen LogP contribution < -0.4 is 4.74 Å². The van der Waals surface area contributed by atoms with Gasteiger partial charge in [0.05, 0.1) is 24.3 Å². The Morgan fingerprint density at radius 1 is 1.03 bits per heavy atom. The zero-order valence-electron chi connectivity index (χ0n) is 16.5. The minimum atomic E-state index is -0.639. The molecule has 0 atom stereocenters. The van der Waals surface area contributed by atoms with Crippen LogP contribution in [-0.4, -0.2) is 47.4 Å². The molecule has 0 aromatic heterocycles. The number of benzene rings is 3. The molecule has 1 heterocycles. The van der Waals surface area contributed by atoms with Crippen molar-refractivity contribution in [3.8, 4) is 5.75 Å². The van der Waals surface area contributed by atoms with E-state index in [0.29, 0.717) is 6.54 Å². The van der Waals surface area contributed by atoms with Crippen LogP contribution in [0.2, 0.25) is 0 Å². The normalized spacial score (nSPS) is 13.2. The van der Waals surface area contributed by atoms with Crippen LogP contribution in [0.5, 0.6) is 5.75 Å². The number of nitrogens with zero attached hydrogens (tertiary/aromatic N) is 3. The molecule has 3 aromatic rings. The van der Waals surface area contributed by atoms with Gasteiger partial charge in [-0.25, -0.2) is 0 Å². The van der Waals surface area contributed by atoms with Crippen molar-refractivity contribution >= 4 is 28.3 Å². The van der Waals surface area contributed by atoms with Crippen molar-refractivity contribution in [1.82, 2.24) is 9.80 Å². The van der Waals surface area contributed by atoms with Crippen molar-refractivity contribution in [3.05, 3.63) is 81.4 Å². The van der Waals surface area contributed by atoms with Crippen molar-refractivity contribution in [2.45, 2.75) is 6.54 Å². The van der Waals surface area contributed by atoms with E-state index in [9.17, 15) is 19.7 Å². The highest BCUT2D eigenvalue weighted by Gasteiger charge is 2.41. The highest BCUT2D eigenvalue weighted by molar-refractivity contribution is 6.23. The van der Waals surface area contributed by atoms with Crippen LogP contribution >= 0.6 is 0 Å². The van der Waals surface area contributed by atoms with E-state index in [4.69, 9.17) is 4.74 Å². The first-order chi connectivity index (χ1) is 14.4. The summed E-state index contributed by atoms with van der Waals surface area (Å²) in [5.41, 5.74) is 0.599. The number of amides is 2. The third kappa shape index (κ3) is 3.37. The topological polar surface area (TPSA) is 93.0 Å². The molecule has 1 aliphatic rings. The lowest BCUT2D eigenvalue weighted by molar-refractivity contribution is -0.385. The Morgan fingerprint density at radius 3 is 2.50 bits per heavy atom. The molecule has 4 rings (SSSR count). The van der Waals surface area contributed by atoms with E-state index < -0.39 is 16.7 Å². The fourth-order valence-corrected chi connectivity index (χ4v) is 3.70. The number of carbonyl (C=O) groups is 2. The van der Waals surface area contributed by atoms with Gasteiger partial charge in [0.2, 0.25) is 0 Å². The first kappa shape index (κ1) is 19.5. The van der Waals surface area contributed by atoms with E-state index in [2.05, 4.69) is 0 Å². The summed E-state index contributed by atoms with van der Waals surface area (Å²) < 4.78 is 5.24. The molecular formula is C22H19N3O5. The van der Waals surface area contributed by atoms with Gasteiger partial charge in [0.1, 0.15) is 11.3 Å². The molecule has 0 saturated carbocycles. The lowest BCUT2D eigenvalue weighted by Crippen LogP contribution is -2.39. The second-order valence-corrected chi connectivity index (χ2v) is 7.20. The smallest absolute Gasteiger partial charge is 0.282 e. The van der Waals surface area contributed by atoms with Crippen molar-refractivity contribution in [1.29, 1.82) is 0 Å². The van der Waals surface area contributed by atoms with Crippen LogP contribution in [0, 0.1) is 10.1 Å². The Kier molecular flexibility index (Phi) is 4.93. The molecule has 8 nitrogen and oxygen atoms in total. The summed E-state index contributed by atoms with van der Waals surface area (Å²) in [6.45, 7) is 0.529. The average molecular weight is 405 g/mol. The Hall–Kier alpha value is -3.78. The molecule has 0 bridgehead atoms. The largest absolute Gasteiger partial charge is 0.497 e. The number of imide groups is 1. The van der Waals surface area contributed by atoms with Gasteiger partial charge in [-0.05, 0) is 47.6 Å². The summed E-state index contributed by atoms with van der Waals surface area (Å²) in [4.78, 5) is 38.8. The standard InChI is InChI=1S/C22H19N3O5/c1-23(12-14-6-7-16-11-17(30-2)9-8-15(16)10-14)13-24-21(26)18-4-3-5-19(25(28)29)20(18)22(24)27/h3-11H,12-13H2,1-2H3. The highest BCUT2D eigenvalue weighted by Crippen LogP contribution is 2.31. The summed E-state index contributed by atoms with van der Waals surface area (Å²) in [7, 11) is 3.41. The molecule has 8 heteroatoms. The summed E-state index contributed by atoms with van der Waals surface area (Å²) in [6.07, 6.45) is 0. The van der Waals surface area contributed by atoms with Gasteiger partial charge in [0, 0.05) is 12.6 Å². The molecule has 0 fully saturated rings. The number of nitro groups is 1. The Balaban J connectivity index is 1.52. The summed E-state index contributed by atoms with van der Waals surface area (Å²) in [6, 6.07) is 15.9. The van der Waals surface area contributed by atoms with Crippen LogP contribution in [0.3, 0.4) is 0 Å². The molecule has 3 aromatic carbocycles. The molecule has 0 saturated heterocycles. The molecule has 0 radical (unpaired) electrons. The Morgan fingerprint density at radius 2 is 1.77 bits per heavy atom. The van der Waals surface area contributed by atoms with Gasteiger partial charge < -0.3 is 4.74 Å². The minimum absolute atomic E-state index is 0.0319. The van der Waals surface area contributed by atoms with Crippen molar-refractivity contribution < 1.29 is 19.2 Å². The van der Waals surface area contributed by atoms with Crippen molar-refractivity contribution in [3.63, 3.8) is 0 Å². The molecule has 30 heavy (non-hydrogen) atoms. The number of carbonyl (C=O) groups excluding carboxylic acids is 2. The van der Waals surface area contributed by atoms with E-state index >= 15 is 0 Å². The summed E-state index contributed by atoms with van der Waals surface area (Å²) in [5.74, 6) is -0.372. The lowest BCUT2D eigenvalue weighted by atomic mass is 10.1. The molecule has 2 amide bonds. The summed E-state index contributed by atoms with van der Waals surface area (Å²) in [5, 5.41) is 13.3. The van der Waals surface area contributed by atoms with Gasteiger partial charge in [-0.15, -0.1) is 0 Å². The first-order valence-electron chi connectivity index (χ1n) is 9.28. The van der Waals surface area contributed by atoms with Crippen LogP contribution in [-0.2, 0) is 6.54 Å². The number of ether oxygens (including phenoxy) is 1. The summed E-state index contributed by atoms with van der Waals surface area (Å²) >= 11 is 0. The molecule has 0 aliphatic carbocycles. The second kappa shape index (κ2) is 7.57. The van der Waals surface area contributed by atoms with Crippen LogP contribution in [0.1, 0.15) is 26.3 Å². The van der Waals surface area contributed by atoms with E-state index in [0.717, 1.165) is 27.0 Å². The second-order valence-electron chi connectivity index (χ2n) is 7.20. The number of methoxy groups -OCH3 is 1. The molecule has 1 aliphatic heterocycles. The van der Waals surface area contributed by atoms with E-state index in [1.807, 2.05) is 41.3 Å². The number of fused-ring (bicyclic) bond motifs is 2. The van der Waals surface area contributed by atoms with Crippen molar-refractivity contribution in [2.75, 3.05) is 20.8 Å². The quantitative estimate of drug-likeness (QED) is 0.354. The Labute approximate surface area is 172 Å². The fraction of sp³-hybridized carbons (Fsp3) is 0.182. The zero-order chi connectivity index (χ0) is 21.4. The molecule has 152 valence electrons. The SMILES string of the molecule is COc1ccc2cc(CN(C)CN3C(=O)c4cccc([N+](=O)[O-])c4C3=O)ccc2c1. The average Bonchev–Trinajstić information content (AvgIpc) is 2.98. The molecular weight excluding hydrogens is 386 g/mol. The third-order valence-corrected chi connectivity index (χ3v) is 5.12. The van der Waals surface area contributed by atoms with Gasteiger partial charge >= 0.3 is 0 Å². The zero-order valence-corrected chi connectivity index (χ0v) is 16.5. The van der Waals surface area contributed by atoms with Gasteiger partial charge in [-0.2, -0.15) is 0 Å². The van der Waals surface area contributed by atoms with Gasteiger partial charge in [0.25, 0.3) is 17.5 Å². The van der Waals surface area contributed by atoms with Gasteiger partial charge in [-0.3, -0.25) is 29.5 Å². The monoisotopic (exact) mass is 405 g/mol. The predicted molar refractivity (Wildman–Crippen MR) is 110 cm³/mol. The van der Waals surface area contributed by atoms with E-state index in [-0.39, 0.29) is 23.5 Å². The minimum Gasteiger partial charge on any atom is -0.497 e. The van der Waals surface area contributed by atoms with Crippen LogP contribution in [0.4, 0.5) is 5.69 Å². The molecule has 0 spiro atoms. The van der Waals surface area contributed by atoms with Crippen LogP contribution in [0.25, 0.3) is 10.8 Å². The fourth-order valence-electron chi connectivity index (χ4n) is 3.70. The number of hydrogen-bond acceptors (Lipinski definition) is 6. The highest BCUT2D eigenvalue weighted by atomic mass is 16.6. The maximum absolute atomic E-state index is 12.7.